The number of carbonyl (C=O) groups excluding carboxylic acids is 2. The van der Waals surface area contributed by atoms with Gasteiger partial charge in [-0.3, -0.25) is 14.6 Å². The molecule has 1 aromatic rings. The molecule has 4 fully saturated rings. The molecular formula is C21H27N3O2. The van der Waals surface area contributed by atoms with Crippen molar-refractivity contribution in [3.05, 3.63) is 35.9 Å². The van der Waals surface area contributed by atoms with Crippen LogP contribution in [0.3, 0.4) is 0 Å². The third-order valence-corrected chi connectivity index (χ3v) is 6.92. The Morgan fingerprint density at radius 1 is 0.808 bits per heavy atom. The molecule has 3 saturated heterocycles. The second kappa shape index (κ2) is 6.38. The van der Waals surface area contributed by atoms with Crippen LogP contribution >= 0.6 is 0 Å². The van der Waals surface area contributed by atoms with E-state index in [1.807, 2.05) is 23.1 Å². The highest BCUT2D eigenvalue weighted by Gasteiger charge is 2.54. The SMILES string of the molecule is O=C1[C@@H]2CC[C@@H](c3ccccc3)N2C(=O)N1[C@H]1CCN(C2CCCC2)C1. The molecule has 0 radical (unpaired) electrons. The summed E-state index contributed by atoms with van der Waals surface area (Å²) in [5, 5.41) is 0. The molecule has 3 atom stereocenters. The van der Waals surface area contributed by atoms with Crippen LogP contribution in [0.2, 0.25) is 0 Å². The second-order valence-corrected chi connectivity index (χ2v) is 8.29. The number of imide groups is 1. The number of hydrogen-bond acceptors (Lipinski definition) is 3. The molecule has 26 heavy (non-hydrogen) atoms. The summed E-state index contributed by atoms with van der Waals surface area (Å²) in [4.78, 5) is 32.3. The number of rotatable bonds is 3. The van der Waals surface area contributed by atoms with Gasteiger partial charge in [-0.05, 0) is 37.7 Å². The van der Waals surface area contributed by atoms with E-state index in [1.54, 1.807) is 4.90 Å². The molecule has 0 bridgehead atoms. The fourth-order valence-electron chi connectivity index (χ4n) is 5.62. The Hall–Kier alpha value is -1.88. The van der Waals surface area contributed by atoms with Crippen molar-refractivity contribution in [3.8, 4) is 0 Å². The number of likely N-dealkylation sites (tertiary alicyclic amines) is 1. The van der Waals surface area contributed by atoms with Crippen LogP contribution in [-0.2, 0) is 4.79 Å². The fraction of sp³-hybridized carbons (Fsp3) is 0.619. The normalized spacial score (nSPS) is 32.8. The summed E-state index contributed by atoms with van der Waals surface area (Å²) in [5.74, 6) is 0.0479. The molecule has 0 spiro atoms. The van der Waals surface area contributed by atoms with Gasteiger partial charge in [-0.2, -0.15) is 0 Å². The van der Waals surface area contributed by atoms with Crippen molar-refractivity contribution < 1.29 is 9.59 Å². The summed E-state index contributed by atoms with van der Waals surface area (Å²) in [6, 6.07) is 10.7. The Balaban J connectivity index is 1.34. The predicted octanol–water partition coefficient (Wildman–Crippen LogP) is 3.17. The van der Waals surface area contributed by atoms with Crippen molar-refractivity contribution in [1.29, 1.82) is 0 Å². The zero-order valence-electron chi connectivity index (χ0n) is 15.2. The van der Waals surface area contributed by atoms with Crippen molar-refractivity contribution in [3.63, 3.8) is 0 Å². The summed E-state index contributed by atoms with van der Waals surface area (Å²) in [6.45, 7) is 1.90. The topological polar surface area (TPSA) is 43.9 Å². The van der Waals surface area contributed by atoms with Crippen LogP contribution in [0.4, 0.5) is 4.79 Å². The molecule has 0 aromatic heterocycles. The van der Waals surface area contributed by atoms with Crippen LogP contribution in [0.25, 0.3) is 0 Å². The smallest absolute Gasteiger partial charge is 0.305 e. The highest BCUT2D eigenvalue weighted by molar-refractivity contribution is 6.05. The summed E-state index contributed by atoms with van der Waals surface area (Å²) >= 11 is 0. The van der Waals surface area contributed by atoms with Gasteiger partial charge in [-0.1, -0.05) is 43.2 Å². The largest absolute Gasteiger partial charge is 0.328 e. The van der Waals surface area contributed by atoms with E-state index in [4.69, 9.17) is 0 Å². The van der Waals surface area contributed by atoms with Crippen LogP contribution in [-0.4, -0.2) is 57.9 Å². The first kappa shape index (κ1) is 16.3. The van der Waals surface area contributed by atoms with Gasteiger partial charge in [0.25, 0.3) is 5.91 Å². The highest BCUT2D eigenvalue weighted by atomic mass is 16.2. The lowest BCUT2D eigenvalue weighted by Crippen LogP contribution is -2.44. The van der Waals surface area contributed by atoms with Gasteiger partial charge in [0.1, 0.15) is 6.04 Å². The highest BCUT2D eigenvalue weighted by Crippen LogP contribution is 2.42. The fourth-order valence-corrected chi connectivity index (χ4v) is 5.62. The Bertz CT molecular complexity index is 700. The van der Waals surface area contributed by atoms with E-state index in [0.29, 0.717) is 6.04 Å². The Kier molecular flexibility index (Phi) is 4.00. The summed E-state index contributed by atoms with van der Waals surface area (Å²) in [5.41, 5.74) is 1.15. The molecule has 5 nitrogen and oxygen atoms in total. The summed E-state index contributed by atoms with van der Waals surface area (Å²) in [6.07, 6.45) is 7.81. The molecular weight excluding hydrogens is 326 g/mol. The van der Waals surface area contributed by atoms with Gasteiger partial charge in [0.05, 0.1) is 12.1 Å². The van der Waals surface area contributed by atoms with Gasteiger partial charge in [0.2, 0.25) is 0 Å². The minimum absolute atomic E-state index is 0.0479. The quantitative estimate of drug-likeness (QED) is 0.784. The summed E-state index contributed by atoms with van der Waals surface area (Å²) < 4.78 is 0. The van der Waals surface area contributed by atoms with E-state index < -0.39 is 0 Å². The number of urea groups is 1. The van der Waals surface area contributed by atoms with E-state index in [2.05, 4.69) is 17.0 Å². The maximum Gasteiger partial charge on any atom is 0.328 e. The van der Waals surface area contributed by atoms with E-state index in [-0.39, 0.29) is 30.1 Å². The molecule has 4 aliphatic rings. The van der Waals surface area contributed by atoms with Gasteiger partial charge in [0, 0.05) is 19.1 Å². The molecule has 1 aliphatic carbocycles. The van der Waals surface area contributed by atoms with E-state index in [0.717, 1.165) is 37.9 Å². The van der Waals surface area contributed by atoms with Crippen LogP contribution in [0, 0.1) is 0 Å². The molecule has 138 valence electrons. The third kappa shape index (κ3) is 2.48. The van der Waals surface area contributed by atoms with Gasteiger partial charge < -0.3 is 4.90 Å². The van der Waals surface area contributed by atoms with Gasteiger partial charge in [-0.25, -0.2) is 4.79 Å². The molecule has 3 heterocycles. The molecule has 0 unspecified atom stereocenters. The number of fused-ring (bicyclic) bond motifs is 1. The lowest BCUT2D eigenvalue weighted by Gasteiger charge is -2.27. The van der Waals surface area contributed by atoms with Gasteiger partial charge in [-0.15, -0.1) is 0 Å². The van der Waals surface area contributed by atoms with Crippen LogP contribution < -0.4 is 0 Å². The van der Waals surface area contributed by atoms with Crippen molar-refractivity contribution in [2.75, 3.05) is 13.1 Å². The molecule has 0 N–H and O–H groups in total. The second-order valence-electron chi connectivity index (χ2n) is 8.29. The standard InChI is InChI=1S/C21H27N3O2/c25-20-19-11-10-18(15-6-2-1-3-7-15)24(19)21(26)23(20)17-12-13-22(14-17)16-8-4-5-9-16/h1-3,6-7,16-19H,4-5,8-14H2/t17-,18-,19-/m0/s1. The Morgan fingerprint density at radius 2 is 1.54 bits per heavy atom. The maximum absolute atomic E-state index is 13.2. The molecule has 1 saturated carbocycles. The molecule has 3 amide bonds. The number of nitrogens with zero attached hydrogens (tertiary/aromatic N) is 3. The zero-order chi connectivity index (χ0) is 17.7. The van der Waals surface area contributed by atoms with E-state index in [1.165, 1.54) is 25.7 Å². The average molecular weight is 353 g/mol. The number of benzene rings is 1. The molecule has 5 heteroatoms. The molecule has 1 aromatic carbocycles. The predicted molar refractivity (Wildman–Crippen MR) is 98.5 cm³/mol. The van der Waals surface area contributed by atoms with Gasteiger partial charge >= 0.3 is 6.03 Å². The monoisotopic (exact) mass is 353 g/mol. The Labute approximate surface area is 154 Å². The third-order valence-electron chi connectivity index (χ3n) is 6.92. The van der Waals surface area contributed by atoms with E-state index in [9.17, 15) is 9.59 Å². The van der Waals surface area contributed by atoms with Gasteiger partial charge in [0.15, 0.2) is 0 Å². The molecule has 3 aliphatic heterocycles. The number of carbonyl (C=O) groups is 2. The lowest BCUT2D eigenvalue weighted by atomic mass is 10.0. The Morgan fingerprint density at radius 3 is 2.31 bits per heavy atom. The average Bonchev–Trinajstić information content (AvgIpc) is 3.42. The zero-order valence-corrected chi connectivity index (χ0v) is 15.2. The van der Waals surface area contributed by atoms with Crippen molar-refractivity contribution in [2.24, 2.45) is 0 Å². The minimum Gasteiger partial charge on any atom is -0.305 e. The van der Waals surface area contributed by atoms with E-state index >= 15 is 0 Å². The van der Waals surface area contributed by atoms with Crippen LogP contribution in [0.15, 0.2) is 30.3 Å². The van der Waals surface area contributed by atoms with Crippen LogP contribution in [0.1, 0.15) is 56.6 Å². The van der Waals surface area contributed by atoms with Crippen LogP contribution in [0.5, 0.6) is 0 Å². The number of hydrogen-bond donors (Lipinski definition) is 0. The van der Waals surface area contributed by atoms with Crippen molar-refractivity contribution in [1.82, 2.24) is 14.7 Å². The lowest BCUT2D eigenvalue weighted by molar-refractivity contribution is -0.129. The maximum atomic E-state index is 13.2. The van der Waals surface area contributed by atoms with Crippen molar-refractivity contribution in [2.45, 2.75) is 69.1 Å². The first-order valence-corrected chi connectivity index (χ1v) is 10.2. The first-order valence-electron chi connectivity index (χ1n) is 10.2. The number of amides is 3. The first-order chi connectivity index (χ1) is 12.7. The minimum atomic E-state index is -0.242. The summed E-state index contributed by atoms with van der Waals surface area (Å²) in [7, 11) is 0. The van der Waals surface area contributed by atoms with Crippen molar-refractivity contribution >= 4 is 11.9 Å². The molecule has 5 rings (SSSR count).